The highest BCUT2D eigenvalue weighted by Gasteiger charge is 2.70. The van der Waals surface area contributed by atoms with Crippen LogP contribution in [0.25, 0.3) is 0 Å². The number of amides is 5. The standard InChI is InChI=1S/C33H51N5O5/c1-32(2,3)27(37-31(43)36-24-19-10-17-9-18(12-19)13-20(24)11-17)30(42)38-15-21-23(33(21,4)5)25(38)29(41)35-22(26(39)28(34)40)14-16-7-6-8-16/h16-25,27H,6-15H2,1-5H3,(H2,34,40)(H,35,41)(H2,36,37,43)/t17?,18?,19?,20?,21-,22?,23-,24?,25-,27+/m0/s1. The van der Waals surface area contributed by atoms with Gasteiger partial charge in [0.15, 0.2) is 0 Å². The molecule has 5 amide bonds. The molecule has 10 nitrogen and oxygen atoms in total. The summed E-state index contributed by atoms with van der Waals surface area (Å²) in [5.41, 5.74) is 4.62. The van der Waals surface area contributed by atoms with Gasteiger partial charge in [-0.3, -0.25) is 19.2 Å². The van der Waals surface area contributed by atoms with E-state index in [1.54, 1.807) is 4.90 Å². The van der Waals surface area contributed by atoms with E-state index in [9.17, 15) is 24.0 Å². The van der Waals surface area contributed by atoms with Gasteiger partial charge in [-0.15, -0.1) is 0 Å². The third kappa shape index (κ3) is 5.56. The number of carbonyl (C=O) groups is 5. The lowest BCUT2D eigenvalue weighted by molar-refractivity contribution is -0.145. The maximum Gasteiger partial charge on any atom is 0.315 e. The molecule has 7 aliphatic rings. The van der Waals surface area contributed by atoms with Crippen LogP contribution in [0.2, 0.25) is 0 Å². The van der Waals surface area contributed by atoms with Crippen molar-refractivity contribution in [3.05, 3.63) is 0 Å². The van der Waals surface area contributed by atoms with Crippen LogP contribution in [0, 0.1) is 52.3 Å². The Bertz CT molecular complexity index is 1160. The summed E-state index contributed by atoms with van der Waals surface area (Å²) in [4.78, 5) is 67.8. The smallest absolute Gasteiger partial charge is 0.315 e. The van der Waals surface area contributed by atoms with Gasteiger partial charge in [0.2, 0.25) is 17.6 Å². The minimum Gasteiger partial charge on any atom is -0.363 e. The molecule has 7 rings (SSSR count). The molecule has 5 N–H and O–H groups in total. The van der Waals surface area contributed by atoms with E-state index in [1.165, 1.54) is 32.1 Å². The Kier molecular flexibility index (Phi) is 7.60. The van der Waals surface area contributed by atoms with Crippen molar-refractivity contribution < 1.29 is 24.0 Å². The van der Waals surface area contributed by atoms with Crippen LogP contribution in [0.15, 0.2) is 0 Å². The zero-order valence-corrected chi connectivity index (χ0v) is 26.5. The summed E-state index contributed by atoms with van der Waals surface area (Å²) in [5, 5.41) is 9.14. The maximum absolute atomic E-state index is 14.3. The third-order valence-corrected chi connectivity index (χ3v) is 12.3. The minimum atomic E-state index is -1.06. The summed E-state index contributed by atoms with van der Waals surface area (Å²) in [6.45, 7) is 10.4. The van der Waals surface area contributed by atoms with Crippen LogP contribution in [0.5, 0.6) is 0 Å². The van der Waals surface area contributed by atoms with Crippen molar-refractivity contribution in [2.75, 3.05) is 6.54 Å². The highest BCUT2D eigenvalue weighted by atomic mass is 16.2. The molecule has 238 valence electrons. The summed E-state index contributed by atoms with van der Waals surface area (Å²) in [5.74, 6) is 0.422. The SMILES string of the molecule is CC(C)(C)[C@H](NC(=O)NC1C2CC3CC(C2)CC1C3)C(=O)N1C[C@H]2[C@@H]([C@H]1C(=O)NC(CC1CCC1)C(=O)C(N)=O)C2(C)C. The first-order valence-electron chi connectivity index (χ1n) is 16.7. The van der Waals surface area contributed by atoms with E-state index >= 15 is 0 Å². The molecule has 0 aromatic rings. The van der Waals surface area contributed by atoms with Crippen molar-refractivity contribution in [3.8, 4) is 0 Å². The molecule has 1 saturated heterocycles. The number of hydrogen-bond acceptors (Lipinski definition) is 5. The second kappa shape index (κ2) is 10.8. The Morgan fingerprint density at radius 3 is 2.05 bits per heavy atom. The van der Waals surface area contributed by atoms with Crippen LogP contribution < -0.4 is 21.7 Å². The first-order valence-corrected chi connectivity index (χ1v) is 16.7. The third-order valence-electron chi connectivity index (χ3n) is 12.3. The first-order chi connectivity index (χ1) is 20.1. The number of hydrogen-bond donors (Lipinski definition) is 4. The number of ketones is 1. The Morgan fingerprint density at radius 1 is 0.930 bits per heavy atom. The molecule has 0 spiro atoms. The fraction of sp³-hybridized carbons (Fsp3) is 0.848. The number of carbonyl (C=O) groups excluding carboxylic acids is 5. The molecule has 6 saturated carbocycles. The van der Waals surface area contributed by atoms with Crippen LogP contribution in [0.1, 0.15) is 92.4 Å². The van der Waals surface area contributed by atoms with Gasteiger partial charge in [-0.05, 0) is 90.8 Å². The number of nitrogens with zero attached hydrogens (tertiary/aromatic N) is 1. The van der Waals surface area contributed by atoms with Crippen LogP contribution in [0.4, 0.5) is 4.79 Å². The minimum absolute atomic E-state index is 0.0630. The summed E-state index contributed by atoms with van der Waals surface area (Å²) in [6, 6.07) is -2.77. The Balaban J connectivity index is 1.17. The van der Waals surface area contributed by atoms with Gasteiger partial charge in [-0.25, -0.2) is 4.79 Å². The highest BCUT2D eigenvalue weighted by molar-refractivity contribution is 6.37. The Labute approximate surface area is 255 Å². The van der Waals surface area contributed by atoms with E-state index < -0.39 is 41.1 Å². The van der Waals surface area contributed by atoms with E-state index in [2.05, 4.69) is 29.8 Å². The molecule has 7 fully saturated rings. The molecule has 6 aliphatic carbocycles. The number of rotatable bonds is 9. The van der Waals surface area contributed by atoms with Crippen molar-refractivity contribution in [1.82, 2.24) is 20.9 Å². The first kappa shape index (κ1) is 30.4. The molecule has 5 atom stereocenters. The van der Waals surface area contributed by atoms with Gasteiger partial charge in [-0.2, -0.15) is 0 Å². The van der Waals surface area contributed by atoms with Gasteiger partial charge < -0.3 is 26.6 Å². The number of piperidine rings is 1. The van der Waals surface area contributed by atoms with E-state index in [1.807, 2.05) is 20.8 Å². The van der Waals surface area contributed by atoms with Crippen molar-refractivity contribution in [2.24, 2.45) is 58.0 Å². The van der Waals surface area contributed by atoms with Crippen LogP contribution in [-0.4, -0.2) is 65.1 Å². The van der Waals surface area contributed by atoms with Crippen molar-refractivity contribution in [2.45, 2.75) is 117 Å². The van der Waals surface area contributed by atoms with Crippen molar-refractivity contribution >= 4 is 29.5 Å². The number of nitrogens with one attached hydrogen (secondary N) is 3. The van der Waals surface area contributed by atoms with Gasteiger partial charge in [-0.1, -0.05) is 53.9 Å². The molecule has 1 aliphatic heterocycles. The molecule has 1 heterocycles. The quantitative estimate of drug-likeness (QED) is 0.302. The van der Waals surface area contributed by atoms with Crippen LogP contribution in [-0.2, 0) is 19.2 Å². The van der Waals surface area contributed by atoms with E-state index in [0.29, 0.717) is 24.8 Å². The lowest BCUT2D eigenvalue weighted by atomic mass is 9.54. The zero-order chi connectivity index (χ0) is 31.0. The largest absolute Gasteiger partial charge is 0.363 e. The van der Waals surface area contributed by atoms with Gasteiger partial charge in [0.05, 0.1) is 6.04 Å². The number of urea groups is 1. The van der Waals surface area contributed by atoms with Crippen LogP contribution >= 0.6 is 0 Å². The molecule has 0 aromatic carbocycles. The van der Waals surface area contributed by atoms with Gasteiger partial charge >= 0.3 is 6.03 Å². The molecule has 10 heteroatoms. The average Bonchev–Trinajstić information content (AvgIpc) is 3.21. The monoisotopic (exact) mass is 597 g/mol. The second-order valence-electron chi connectivity index (χ2n) is 16.6. The number of primary amides is 1. The molecule has 43 heavy (non-hydrogen) atoms. The number of nitrogens with two attached hydrogens (primary N) is 1. The molecular weight excluding hydrogens is 546 g/mol. The van der Waals surface area contributed by atoms with E-state index in [4.69, 9.17) is 5.73 Å². The normalized spacial score (nSPS) is 36.6. The molecular formula is C33H51N5O5. The van der Waals surface area contributed by atoms with Gasteiger partial charge in [0.25, 0.3) is 5.91 Å². The number of Topliss-reactive ketones (excluding diaryl/α,β-unsaturated/α-hetero) is 1. The highest BCUT2D eigenvalue weighted by Crippen LogP contribution is 2.65. The summed E-state index contributed by atoms with van der Waals surface area (Å²) in [6.07, 6.45) is 9.42. The fourth-order valence-electron chi connectivity index (χ4n) is 9.83. The van der Waals surface area contributed by atoms with Crippen molar-refractivity contribution in [3.63, 3.8) is 0 Å². The topological polar surface area (TPSA) is 151 Å². The van der Waals surface area contributed by atoms with E-state index in [0.717, 1.165) is 31.1 Å². The zero-order valence-electron chi connectivity index (χ0n) is 26.5. The van der Waals surface area contributed by atoms with Crippen LogP contribution in [0.3, 0.4) is 0 Å². The molecule has 0 radical (unpaired) electrons. The van der Waals surface area contributed by atoms with Crippen molar-refractivity contribution in [1.29, 1.82) is 0 Å². The lowest BCUT2D eigenvalue weighted by Crippen LogP contribution is -2.63. The maximum atomic E-state index is 14.3. The van der Waals surface area contributed by atoms with Gasteiger partial charge in [0, 0.05) is 12.6 Å². The molecule has 1 unspecified atom stereocenters. The van der Waals surface area contributed by atoms with Gasteiger partial charge in [0.1, 0.15) is 12.1 Å². The second-order valence-corrected chi connectivity index (χ2v) is 16.6. The summed E-state index contributed by atoms with van der Waals surface area (Å²) < 4.78 is 0. The molecule has 4 bridgehead atoms. The number of likely N-dealkylation sites (tertiary alicyclic amines) is 1. The summed E-state index contributed by atoms with van der Waals surface area (Å²) >= 11 is 0. The lowest BCUT2D eigenvalue weighted by Gasteiger charge is -2.54. The molecule has 0 aromatic heterocycles. The summed E-state index contributed by atoms with van der Waals surface area (Å²) in [7, 11) is 0. The van der Waals surface area contributed by atoms with E-state index in [-0.39, 0.29) is 41.1 Å². The average molecular weight is 598 g/mol. The number of fused-ring (bicyclic) bond motifs is 1. The predicted octanol–water partition coefficient (Wildman–Crippen LogP) is 2.74. The Morgan fingerprint density at radius 2 is 1.53 bits per heavy atom. The fourth-order valence-corrected chi connectivity index (χ4v) is 9.83. The Hall–Kier alpha value is -2.65. The predicted molar refractivity (Wildman–Crippen MR) is 160 cm³/mol.